The molecule has 1 aromatic carbocycles. The van der Waals surface area contributed by atoms with Gasteiger partial charge in [0.05, 0.1) is 10.0 Å². The fourth-order valence-electron chi connectivity index (χ4n) is 2.20. The number of aromatic nitrogens is 3. The fraction of sp³-hybridized carbons (Fsp3) is 0.125. The second kappa shape index (κ2) is 8.30. The van der Waals surface area contributed by atoms with Crippen molar-refractivity contribution in [1.82, 2.24) is 20.2 Å². The van der Waals surface area contributed by atoms with Crippen LogP contribution in [0.2, 0.25) is 10.0 Å². The SMILES string of the molecule is CSc1nnc(C)n1NC(=S)NC(=O)c1ccc(-c2cccc(Cl)c2Cl)o1. The summed E-state index contributed by atoms with van der Waals surface area (Å²) in [6.45, 7) is 1.76. The van der Waals surface area contributed by atoms with E-state index >= 15 is 0 Å². The van der Waals surface area contributed by atoms with Crippen LogP contribution in [0, 0.1) is 6.92 Å². The third kappa shape index (κ3) is 4.27. The van der Waals surface area contributed by atoms with Crippen LogP contribution in [-0.2, 0) is 0 Å². The molecule has 3 rings (SSSR count). The Hall–Kier alpha value is -2.07. The van der Waals surface area contributed by atoms with Gasteiger partial charge in [0.25, 0.3) is 5.91 Å². The lowest BCUT2D eigenvalue weighted by atomic mass is 10.2. The Morgan fingerprint density at radius 1 is 1.26 bits per heavy atom. The fourth-order valence-corrected chi connectivity index (χ4v) is 3.26. The molecule has 0 saturated carbocycles. The highest BCUT2D eigenvalue weighted by atomic mass is 35.5. The van der Waals surface area contributed by atoms with Crippen LogP contribution in [0.4, 0.5) is 0 Å². The van der Waals surface area contributed by atoms with Crippen molar-refractivity contribution >= 4 is 58.2 Å². The third-order valence-corrected chi connectivity index (χ3v) is 5.11. The summed E-state index contributed by atoms with van der Waals surface area (Å²) < 4.78 is 7.17. The molecule has 140 valence electrons. The minimum atomic E-state index is -0.506. The summed E-state index contributed by atoms with van der Waals surface area (Å²) in [6, 6.07) is 8.33. The maximum Gasteiger partial charge on any atom is 0.293 e. The van der Waals surface area contributed by atoms with Gasteiger partial charge in [-0.1, -0.05) is 41.0 Å². The van der Waals surface area contributed by atoms with Gasteiger partial charge in [-0.15, -0.1) is 10.2 Å². The largest absolute Gasteiger partial charge is 0.451 e. The first-order valence-electron chi connectivity index (χ1n) is 7.53. The van der Waals surface area contributed by atoms with Crippen LogP contribution in [-0.4, -0.2) is 32.1 Å². The molecule has 27 heavy (non-hydrogen) atoms. The number of amides is 1. The van der Waals surface area contributed by atoms with Crippen LogP contribution in [0.25, 0.3) is 11.3 Å². The molecule has 7 nitrogen and oxygen atoms in total. The van der Waals surface area contributed by atoms with E-state index in [9.17, 15) is 4.79 Å². The molecule has 2 heterocycles. The van der Waals surface area contributed by atoms with Crippen molar-refractivity contribution < 1.29 is 9.21 Å². The Morgan fingerprint density at radius 3 is 2.78 bits per heavy atom. The molecule has 0 aliphatic heterocycles. The van der Waals surface area contributed by atoms with E-state index in [1.54, 1.807) is 35.9 Å². The Bertz CT molecular complexity index is 1020. The van der Waals surface area contributed by atoms with Crippen LogP contribution < -0.4 is 10.7 Å². The van der Waals surface area contributed by atoms with E-state index in [1.807, 2.05) is 6.26 Å². The van der Waals surface area contributed by atoms with Gasteiger partial charge in [-0.2, -0.15) is 0 Å². The standard InChI is InChI=1S/C16H13Cl2N5O2S2/c1-8-20-21-16(27-2)23(8)22-15(26)19-14(24)12-7-6-11(25-12)9-4-3-5-10(17)13(9)18/h3-7H,1-2H3,(H2,19,22,24,26). The number of thiocarbonyl (C=S) groups is 1. The first-order valence-corrected chi connectivity index (χ1v) is 9.92. The van der Waals surface area contributed by atoms with Gasteiger partial charge in [0.15, 0.2) is 10.9 Å². The molecule has 0 atom stereocenters. The molecule has 11 heteroatoms. The highest BCUT2D eigenvalue weighted by Gasteiger charge is 2.17. The zero-order chi connectivity index (χ0) is 19.6. The number of aryl methyl sites for hydroxylation is 1. The normalized spacial score (nSPS) is 10.7. The molecule has 2 N–H and O–H groups in total. The first-order chi connectivity index (χ1) is 12.9. The van der Waals surface area contributed by atoms with Gasteiger partial charge in [0.2, 0.25) is 5.16 Å². The molecule has 0 fully saturated rings. The second-order valence-corrected chi connectivity index (χ2v) is 7.20. The first kappa shape index (κ1) is 19.7. The van der Waals surface area contributed by atoms with Crippen LogP contribution in [0.3, 0.4) is 0 Å². The average molecular weight is 442 g/mol. The minimum Gasteiger partial charge on any atom is -0.451 e. The van der Waals surface area contributed by atoms with Crippen molar-refractivity contribution in [3.63, 3.8) is 0 Å². The van der Waals surface area contributed by atoms with E-state index in [4.69, 9.17) is 39.8 Å². The van der Waals surface area contributed by atoms with E-state index in [0.717, 1.165) is 0 Å². The summed E-state index contributed by atoms with van der Waals surface area (Å²) in [5.41, 5.74) is 3.45. The summed E-state index contributed by atoms with van der Waals surface area (Å²) in [5, 5.41) is 11.9. The lowest BCUT2D eigenvalue weighted by Gasteiger charge is -2.11. The van der Waals surface area contributed by atoms with Gasteiger partial charge < -0.3 is 4.42 Å². The second-order valence-electron chi connectivity index (χ2n) is 5.23. The zero-order valence-electron chi connectivity index (χ0n) is 14.1. The van der Waals surface area contributed by atoms with E-state index in [1.165, 1.54) is 17.8 Å². The number of nitrogens with one attached hydrogen (secondary N) is 2. The lowest BCUT2D eigenvalue weighted by Crippen LogP contribution is -2.38. The van der Waals surface area contributed by atoms with Gasteiger partial charge in [0.1, 0.15) is 11.6 Å². The summed E-state index contributed by atoms with van der Waals surface area (Å²) in [7, 11) is 0. The highest BCUT2D eigenvalue weighted by molar-refractivity contribution is 7.98. The molecule has 2 aromatic heterocycles. The third-order valence-electron chi connectivity index (χ3n) is 3.46. The van der Waals surface area contributed by atoms with Crippen molar-refractivity contribution in [1.29, 1.82) is 0 Å². The Labute approximate surface area is 174 Å². The molecule has 0 spiro atoms. The van der Waals surface area contributed by atoms with Crippen molar-refractivity contribution in [2.24, 2.45) is 0 Å². The molecule has 0 aliphatic carbocycles. The van der Waals surface area contributed by atoms with Gasteiger partial charge in [-0.05, 0) is 49.7 Å². The molecular weight excluding hydrogens is 429 g/mol. The number of carbonyl (C=O) groups is 1. The van der Waals surface area contributed by atoms with E-state index in [2.05, 4.69) is 20.9 Å². The minimum absolute atomic E-state index is 0.0794. The summed E-state index contributed by atoms with van der Waals surface area (Å²) in [5.74, 6) is 0.599. The number of hydrogen-bond acceptors (Lipinski definition) is 6. The Balaban J connectivity index is 1.72. The van der Waals surface area contributed by atoms with Crippen molar-refractivity contribution in [2.45, 2.75) is 12.1 Å². The van der Waals surface area contributed by atoms with Gasteiger partial charge in [0, 0.05) is 5.56 Å². The number of nitrogens with zero attached hydrogens (tertiary/aromatic N) is 3. The molecule has 0 aliphatic rings. The molecule has 3 aromatic rings. The van der Waals surface area contributed by atoms with E-state index in [0.29, 0.717) is 32.3 Å². The summed E-state index contributed by atoms with van der Waals surface area (Å²) in [4.78, 5) is 12.4. The van der Waals surface area contributed by atoms with Crippen LogP contribution in [0.5, 0.6) is 0 Å². The van der Waals surface area contributed by atoms with Crippen molar-refractivity contribution in [3.05, 3.63) is 52.0 Å². The van der Waals surface area contributed by atoms with Crippen molar-refractivity contribution in [2.75, 3.05) is 11.7 Å². The van der Waals surface area contributed by atoms with Gasteiger partial charge >= 0.3 is 0 Å². The topological polar surface area (TPSA) is 85.0 Å². The lowest BCUT2D eigenvalue weighted by molar-refractivity contribution is 0.0951. The maximum atomic E-state index is 12.4. The average Bonchev–Trinajstić information content (AvgIpc) is 3.25. The maximum absolute atomic E-state index is 12.4. The quantitative estimate of drug-likeness (QED) is 0.464. The number of furan rings is 1. The molecule has 0 radical (unpaired) electrons. The number of benzene rings is 1. The number of halogens is 2. The van der Waals surface area contributed by atoms with E-state index in [-0.39, 0.29) is 10.9 Å². The molecule has 0 unspecified atom stereocenters. The van der Waals surface area contributed by atoms with Crippen LogP contribution in [0.15, 0.2) is 39.9 Å². The number of hydrogen-bond donors (Lipinski definition) is 2. The predicted molar refractivity (Wildman–Crippen MR) is 110 cm³/mol. The summed E-state index contributed by atoms with van der Waals surface area (Å²) in [6.07, 6.45) is 1.86. The monoisotopic (exact) mass is 441 g/mol. The molecule has 0 bridgehead atoms. The van der Waals surface area contributed by atoms with Gasteiger partial charge in [-0.3, -0.25) is 15.5 Å². The van der Waals surface area contributed by atoms with Gasteiger partial charge in [-0.25, -0.2) is 4.68 Å². The Kier molecular flexibility index (Phi) is 6.05. The predicted octanol–water partition coefficient (Wildman–Crippen LogP) is 4.13. The molecule has 1 amide bonds. The number of rotatable bonds is 4. The molecule has 0 saturated heterocycles. The zero-order valence-corrected chi connectivity index (χ0v) is 17.3. The highest BCUT2D eigenvalue weighted by Crippen LogP contribution is 2.34. The number of thioether (sulfide) groups is 1. The summed E-state index contributed by atoms with van der Waals surface area (Å²) >= 11 is 18.8. The Morgan fingerprint density at radius 2 is 2.04 bits per heavy atom. The van der Waals surface area contributed by atoms with Crippen molar-refractivity contribution in [3.8, 4) is 11.3 Å². The van der Waals surface area contributed by atoms with Crippen LogP contribution >= 0.6 is 47.2 Å². The molecular formula is C16H13Cl2N5O2S2. The smallest absolute Gasteiger partial charge is 0.293 e. The van der Waals surface area contributed by atoms with E-state index < -0.39 is 5.91 Å². The van der Waals surface area contributed by atoms with Crippen LogP contribution in [0.1, 0.15) is 16.4 Å². The number of carbonyl (C=O) groups excluding carboxylic acids is 1.